The van der Waals surface area contributed by atoms with Crippen molar-refractivity contribution in [1.29, 1.82) is 0 Å². The highest BCUT2D eigenvalue weighted by Crippen LogP contribution is 2.25. The van der Waals surface area contributed by atoms with Gasteiger partial charge in [0.1, 0.15) is 0 Å². The maximum absolute atomic E-state index is 12.7. The average molecular weight is 855 g/mol. The lowest BCUT2D eigenvalue weighted by Gasteiger charge is -2.33. The fourth-order valence-electron chi connectivity index (χ4n) is 8.57. The highest BCUT2D eigenvalue weighted by molar-refractivity contribution is 8.13. The molecule has 1 aliphatic heterocycles. The summed E-state index contributed by atoms with van der Waals surface area (Å²) in [4.78, 5) is 12.7. The third-order valence-corrected chi connectivity index (χ3v) is 16.3. The third-order valence-electron chi connectivity index (χ3n) is 12.6. The molecule has 2 atom stereocenters. The number of thioether (sulfide) groups is 1. The van der Waals surface area contributed by atoms with Crippen molar-refractivity contribution in [2.45, 2.75) is 290 Å². The quantitative estimate of drug-likeness (QED) is 0.0486. The van der Waals surface area contributed by atoms with Crippen molar-refractivity contribution in [3.8, 4) is 0 Å². The van der Waals surface area contributed by atoms with E-state index >= 15 is 0 Å². The summed E-state index contributed by atoms with van der Waals surface area (Å²) in [5.74, 6) is 1.44. The van der Waals surface area contributed by atoms with Gasteiger partial charge in [0.15, 0.2) is 5.12 Å². The first-order chi connectivity index (χ1) is 28.7. The Bertz CT molecular complexity index is 824. The number of carbonyl (C=O) groups excluding carboxylic acids is 1. The van der Waals surface area contributed by atoms with Gasteiger partial charge < -0.3 is 8.85 Å². The monoisotopic (exact) mass is 854 g/mol. The predicted molar refractivity (Wildman–Crippen MR) is 259 cm³/mol. The number of carbonyl (C=O) groups is 1. The first-order valence-electron chi connectivity index (χ1n) is 26.5. The van der Waals surface area contributed by atoms with Crippen LogP contribution in [0.1, 0.15) is 284 Å². The minimum atomic E-state index is -2.83. The zero-order valence-electron chi connectivity index (χ0n) is 39.6. The fraction of sp³-hybridized carbons (Fsp3) is 0.980. The molecule has 0 aromatic rings. The molecule has 0 saturated carbocycles. The van der Waals surface area contributed by atoms with Gasteiger partial charge in [-0.1, -0.05) is 257 Å². The highest BCUT2D eigenvalue weighted by Gasteiger charge is 2.42. The summed E-state index contributed by atoms with van der Waals surface area (Å²) >= 11 is 1.52. The lowest BCUT2D eigenvalue weighted by atomic mass is 9.97. The molecule has 346 valence electrons. The first kappa shape index (κ1) is 56.1. The van der Waals surface area contributed by atoms with Gasteiger partial charge in [0, 0.05) is 38.0 Å². The molecule has 2 unspecified atom stereocenters. The van der Waals surface area contributed by atoms with Gasteiger partial charge in [-0.25, -0.2) is 5.48 Å². The maximum atomic E-state index is 12.7. The standard InChI is InChI=1S/C51H103NO4SSi/c1-4-7-10-13-16-19-21-23-24-25-27-28-30-32-35-38-42-50-44-46-55-58(56-52-49-50,54-45-40-37-34-18-15-12-9-6-3)48-41-47-57-51(53)43-39-36-33-31-29-26-22-20-17-14-11-8-5-2/h50,52H,4-49H2,1-3H3. The Kier molecular flexibility index (Phi) is 43.6. The fourth-order valence-corrected chi connectivity index (χ4v) is 12.0. The molecule has 0 spiro atoms. The van der Waals surface area contributed by atoms with Crippen LogP contribution in [-0.4, -0.2) is 39.4 Å². The Labute approximate surface area is 369 Å². The van der Waals surface area contributed by atoms with E-state index in [0.717, 1.165) is 63.7 Å². The van der Waals surface area contributed by atoms with Crippen LogP contribution in [0.25, 0.3) is 0 Å². The van der Waals surface area contributed by atoms with Gasteiger partial charge >= 0.3 is 8.80 Å². The van der Waals surface area contributed by atoms with Crippen LogP contribution in [0, 0.1) is 5.92 Å². The molecule has 1 fully saturated rings. The van der Waals surface area contributed by atoms with Gasteiger partial charge in [0.05, 0.1) is 0 Å². The van der Waals surface area contributed by atoms with Gasteiger partial charge in [-0.05, 0) is 38.0 Å². The maximum Gasteiger partial charge on any atom is 0.517 e. The third kappa shape index (κ3) is 37.8. The molecule has 7 heteroatoms. The van der Waals surface area contributed by atoms with Crippen LogP contribution in [0.2, 0.25) is 6.04 Å². The van der Waals surface area contributed by atoms with E-state index in [1.807, 2.05) is 0 Å². The van der Waals surface area contributed by atoms with E-state index in [4.69, 9.17) is 13.4 Å². The second kappa shape index (κ2) is 45.1. The highest BCUT2D eigenvalue weighted by atomic mass is 32.2. The van der Waals surface area contributed by atoms with E-state index in [1.54, 1.807) is 0 Å². The van der Waals surface area contributed by atoms with Crippen molar-refractivity contribution in [3.63, 3.8) is 0 Å². The molecule has 1 aliphatic rings. The van der Waals surface area contributed by atoms with Crippen molar-refractivity contribution >= 4 is 25.7 Å². The van der Waals surface area contributed by atoms with Crippen molar-refractivity contribution in [2.75, 3.05) is 25.5 Å². The molecule has 1 rings (SSSR count). The summed E-state index contributed by atoms with van der Waals surface area (Å²) in [7, 11) is -2.83. The van der Waals surface area contributed by atoms with Crippen LogP contribution in [-0.2, 0) is 18.2 Å². The second-order valence-electron chi connectivity index (χ2n) is 18.4. The van der Waals surface area contributed by atoms with E-state index < -0.39 is 8.80 Å². The topological polar surface area (TPSA) is 56.8 Å². The molecule has 0 aromatic carbocycles. The molecule has 1 N–H and O–H groups in total. The van der Waals surface area contributed by atoms with Gasteiger partial charge in [-0.3, -0.25) is 9.32 Å². The lowest BCUT2D eigenvalue weighted by Crippen LogP contribution is -2.52. The number of unbranched alkanes of at least 4 members (excludes halogenated alkanes) is 34. The average Bonchev–Trinajstić information content (AvgIpc) is 3.22. The van der Waals surface area contributed by atoms with Crippen LogP contribution in [0.3, 0.4) is 0 Å². The van der Waals surface area contributed by atoms with Crippen LogP contribution >= 0.6 is 11.8 Å². The van der Waals surface area contributed by atoms with Crippen molar-refractivity contribution in [3.05, 3.63) is 0 Å². The zero-order valence-corrected chi connectivity index (χ0v) is 41.5. The minimum Gasteiger partial charge on any atom is -0.373 e. The molecular formula is C51H103NO4SSi. The summed E-state index contributed by atoms with van der Waals surface area (Å²) in [6.07, 6.45) is 54.4. The van der Waals surface area contributed by atoms with Crippen LogP contribution in [0.5, 0.6) is 0 Å². The summed E-state index contributed by atoms with van der Waals surface area (Å²) < 4.78 is 19.6. The second-order valence-corrected chi connectivity index (χ2v) is 22.2. The molecule has 0 bridgehead atoms. The molecule has 58 heavy (non-hydrogen) atoms. The number of hydroxylamine groups is 1. The predicted octanol–water partition coefficient (Wildman–Crippen LogP) is 17.4. The number of hydrogen-bond donors (Lipinski definition) is 1. The Balaban J connectivity index is 2.24. The molecular weight excluding hydrogens is 751 g/mol. The normalized spacial score (nSPS) is 17.5. The van der Waals surface area contributed by atoms with Gasteiger partial charge in [-0.2, -0.15) is 0 Å². The molecule has 0 aromatic heterocycles. The van der Waals surface area contributed by atoms with E-state index in [0.29, 0.717) is 11.0 Å². The zero-order chi connectivity index (χ0) is 41.7. The number of rotatable bonds is 45. The SMILES string of the molecule is CCCCCCCCCCCCCCCCCCC1CCO[Si](CCCSC(=O)CCCCCCCCCCCCCCC)(OCCCCCCCCCC)ONC1. The molecule has 1 saturated heterocycles. The number of nitrogens with one attached hydrogen (secondary N) is 1. The van der Waals surface area contributed by atoms with Crippen molar-refractivity contribution in [2.24, 2.45) is 5.92 Å². The van der Waals surface area contributed by atoms with Gasteiger partial charge in [0.25, 0.3) is 0 Å². The van der Waals surface area contributed by atoms with Crippen molar-refractivity contribution < 1.29 is 18.2 Å². The minimum absolute atomic E-state index is 0.355. The Morgan fingerprint density at radius 3 is 1.38 bits per heavy atom. The molecule has 0 aliphatic carbocycles. The van der Waals surface area contributed by atoms with E-state index in [2.05, 4.69) is 26.3 Å². The Morgan fingerprint density at radius 2 is 0.931 bits per heavy atom. The molecule has 0 radical (unpaired) electrons. The van der Waals surface area contributed by atoms with Gasteiger partial charge in [0.2, 0.25) is 0 Å². The Morgan fingerprint density at radius 1 is 0.534 bits per heavy atom. The largest absolute Gasteiger partial charge is 0.517 e. The van der Waals surface area contributed by atoms with E-state index in [1.165, 1.54) is 243 Å². The first-order valence-corrected chi connectivity index (χ1v) is 29.4. The molecule has 1 heterocycles. The van der Waals surface area contributed by atoms with Crippen LogP contribution < -0.4 is 5.48 Å². The van der Waals surface area contributed by atoms with E-state index in [-0.39, 0.29) is 0 Å². The molecule has 0 amide bonds. The summed E-state index contributed by atoms with van der Waals surface area (Å²) in [5.41, 5.74) is 3.37. The number of hydrogen-bond acceptors (Lipinski definition) is 6. The summed E-state index contributed by atoms with van der Waals surface area (Å²) in [6.45, 7) is 9.22. The summed E-state index contributed by atoms with van der Waals surface area (Å²) in [5, 5.41) is 0.355. The smallest absolute Gasteiger partial charge is 0.373 e. The van der Waals surface area contributed by atoms with E-state index in [9.17, 15) is 4.79 Å². The van der Waals surface area contributed by atoms with Gasteiger partial charge in [-0.15, -0.1) is 0 Å². The van der Waals surface area contributed by atoms with Crippen molar-refractivity contribution in [1.82, 2.24) is 5.48 Å². The Hall–Kier alpha value is 0.0769. The lowest BCUT2D eigenvalue weighted by molar-refractivity contribution is -0.111. The van der Waals surface area contributed by atoms with Crippen LogP contribution in [0.4, 0.5) is 0 Å². The van der Waals surface area contributed by atoms with Crippen LogP contribution in [0.15, 0.2) is 0 Å². The summed E-state index contributed by atoms with van der Waals surface area (Å²) in [6, 6.07) is 0.791. The molecule has 5 nitrogen and oxygen atoms in total.